The van der Waals surface area contributed by atoms with Gasteiger partial charge in [-0.05, 0) is 13.0 Å². The van der Waals surface area contributed by atoms with Gasteiger partial charge in [-0.15, -0.1) is 0 Å². The minimum Gasteiger partial charge on any atom is -0.396 e. The van der Waals surface area contributed by atoms with Crippen LogP contribution in [0, 0.1) is 6.92 Å². The quantitative estimate of drug-likeness (QED) is 0.637. The van der Waals surface area contributed by atoms with Gasteiger partial charge in [0.05, 0.1) is 22.6 Å². The molecule has 0 saturated carbocycles. The fourth-order valence-corrected chi connectivity index (χ4v) is 1.38. The van der Waals surface area contributed by atoms with Crippen molar-refractivity contribution >= 4 is 22.3 Å². The average molecular weight is 173 g/mol. The summed E-state index contributed by atoms with van der Waals surface area (Å²) in [5.41, 5.74) is 14.5. The van der Waals surface area contributed by atoms with E-state index in [-0.39, 0.29) is 0 Å². The number of aromatic nitrogens is 1. The summed E-state index contributed by atoms with van der Waals surface area (Å²) in [6.07, 6.45) is 0. The lowest BCUT2D eigenvalue weighted by atomic mass is 10.1. The number of benzene rings is 1. The molecule has 0 fully saturated rings. The number of aryl methyl sites for hydroxylation is 1. The third-order valence-corrected chi connectivity index (χ3v) is 2.16. The summed E-state index contributed by atoms with van der Waals surface area (Å²) >= 11 is 0. The van der Waals surface area contributed by atoms with Crippen molar-refractivity contribution < 1.29 is 0 Å². The lowest BCUT2D eigenvalue weighted by molar-refractivity contribution is 1.26. The van der Waals surface area contributed by atoms with Gasteiger partial charge in [-0.2, -0.15) is 0 Å². The lowest BCUT2D eigenvalue weighted by Gasteiger charge is -2.07. The number of nitrogen functional groups attached to an aromatic ring is 2. The smallest absolute Gasteiger partial charge is 0.0770 e. The molecule has 2 rings (SSSR count). The molecule has 0 aliphatic heterocycles. The van der Waals surface area contributed by atoms with Crippen molar-refractivity contribution in [2.24, 2.45) is 0 Å². The molecule has 13 heavy (non-hydrogen) atoms. The van der Waals surface area contributed by atoms with E-state index in [1.807, 2.05) is 31.2 Å². The maximum absolute atomic E-state index is 5.85. The van der Waals surface area contributed by atoms with Crippen LogP contribution in [0.4, 0.5) is 11.4 Å². The van der Waals surface area contributed by atoms with Crippen LogP contribution >= 0.6 is 0 Å². The van der Waals surface area contributed by atoms with E-state index >= 15 is 0 Å². The number of nitrogens with two attached hydrogens (primary N) is 2. The number of para-hydroxylation sites is 1. The largest absolute Gasteiger partial charge is 0.396 e. The van der Waals surface area contributed by atoms with E-state index in [0.717, 1.165) is 16.6 Å². The number of fused-ring (bicyclic) bond motifs is 1. The first-order chi connectivity index (χ1) is 6.20. The Morgan fingerprint density at radius 3 is 2.54 bits per heavy atom. The number of nitrogens with zero attached hydrogens (tertiary/aromatic N) is 1. The molecule has 4 N–H and O–H groups in total. The second-order valence-electron chi connectivity index (χ2n) is 3.04. The molecule has 0 atom stereocenters. The van der Waals surface area contributed by atoms with Crippen molar-refractivity contribution in [3.63, 3.8) is 0 Å². The van der Waals surface area contributed by atoms with Crippen molar-refractivity contribution in [2.45, 2.75) is 6.92 Å². The Hall–Kier alpha value is -1.77. The maximum Gasteiger partial charge on any atom is 0.0770 e. The molecule has 0 radical (unpaired) electrons. The van der Waals surface area contributed by atoms with E-state index in [9.17, 15) is 0 Å². The molecular weight excluding hydrogens is 162 g/mol. The van der Waals surface area contributed by atoms with Gasteiger partial charge in [0, 0.05) is 5.39 Å². The van der Waals surface area contributed by atoms with Crippen LogP contribution in [0.5, 0.6) is 0 Å². The summed E-state index contributed by atoms with van der Waals surface area (Å²) in [6, 6.07) is 7.71. The van der Waals surface area contributed by atoms with Crippen molar-refractivity contribution in [1.29, 1.82) is 0 Å². The summed E-state index contributed by atoms with van der Waals surface area (Å²) in [5, 5.41) is 0.922. The Labute approximate surface area is 76.4 Å². The van der Waals surface area contributed by atoms with Crippen LogP contribution in [0.1, 0.15) is 5.69 Å². The highest BCUT2D eigenvalue weighted by molar-refractivity contribution is 5.96. The molecule has 0 saturated heterocycles. The first kappa shape index (κ1) is 7.86. The van der Waals surface area contributed by atoms with Crippen LogP contribution in [-0.2, 0) is 0 Å². The molecule has 2 aromatic rings. The molecule has 0 unspecified atom stereocenters. The van der Waals surface area contributed by atoms with E-state index in [4.69, 9.17) is 11.5 Å². The summed E-state index contributed by atoms with van der Waals surface area (Å²) < 4.78 is 0. The SMILES string of the molecule is Cc1nc2ccccc2c(N)c1N. The van der Waals surface area contributed by atoms with E-state index < -0.39 is 0 Å². The average Bonchev–Trinajstić information content (AvgIpc) is 2.15. The monoisotopic (exact) mass is 173 g/mol. The van der Waals surface area contributed by atoms with Crippen LogP contribution in [-0.4, -0.2) is 4.98 Å². The summed E-state index contributed by atoms with van der Waals surface area (Å²) in [4.78, 5) is 4.33. The van der Waals surface area contributed by atoms with Gasteiger partial charge < -0.3 is 11.5 Å². The number of hydrogen-bond acceptors (Lipinski definition) is 3. The maximum atomic E-state index is 5.85. The molecular formula is C10H11N3. The van der Waals surface area contributed by atoms with Crippen LogP contribution in [0.3, 0.4) is 0 Å². The van der Waals surface area contributed by atoms with Gasteiger partial charge in [0.2, 0.25) is 0 Å². The Morgan fingerprint density at radius 2 is 1.77 bits per heavy atom. The number of rotatable bonds is 0. The van der Waals surface area contributed by atoms with Crippen LogP contribution in [0.25, 0.3) is 10.9 Å². The second-order valence-corrected chi connectivity index (χ2v) is 3.04. The number of hydrogen-bond donors (Lipinski definition) is 2. The molecule has 0 bridgehead atoms. The standard InChI is InChI=1S/C10H11N3/c1-6-9(11)10(12)7-4-2-3-5-8(7)13-6/h2-5H,11H2,1H3,(H2,12,13). The van der Waals surface area contributed by atoms with Gasteiger partial charge in [-0.25, -0.2) is 0 Å². The third-order valence-electron chi connectivity index (χ3n) is 2.16. The van der Waals surface area contributed by atoms with Gasteiger partial charge in [-0.3, -0.25) is 4.98 Å². The molecule has 0 aliphatic rings. The molecule has 0 aliphatic carbocycles. The van der Waals surface area contributed by atoms with Crippen LogP contribution < -0.4 is 11.5 Å². The van der Waals surface area contributed by atoms with E-state index in [1.54, 1.807) is 0 Å². The van der Waals surface area contributed by atoms with Gasteiger partial charge >= 0.3 is 0 Å². The Morgan fingerprint density at radius 1 is 1.08 bits per heavy atom. The summed E-state index contributed by atoms with van der Waals surface area (Å²) in [6.45, 7) is 1.86. The molecule has 0 amide bonds. The van der Waals surface area contributed by atoms with Gasteiger partial charge in [0.1, 0.15) is 0 Å². The Bertz CT molecular complexity index is 463. The molecule has 1 heterocycles. The van der Waals surface area contributed by atoms with Gasteiger partial charge in [0.15, 0.2) is 0 Å². The molecule has 0 spiro atoms. The normalized spacial score (nSPS) is 10.5. The topological polar surface area (TPSA) is 64.9 Å². The Balaban J connectivity index is 2.94. The first-order valence-corrected chi connectivity index (χ1v) is 4.10. The molecule has 1 aromatic carbocycles. The van der Waals surface area contributed by atoms with Gasteiger partial charge in [-0.1, -0.05) is 18.2 Å². The highest BCUT2D eigenvalue weighted by atomic mass is 14.8. The first-order valence-electron chi connectivity index (χ1n) is 4.10. The van der Waals surface area contributed by atoms with Crippen molar-refractivity contribution in [1.82, 2.24) is 4.98 Å². The number of pyridine rings is 1. The summed E-state index contributed by atoms with van der Waals surface area (Å²) in [7, 11) is 0. The predicted octanol–water partition coefficient (Wildman–Crippen LogP) is 1.71. The van der Waals surface area contributed by atoms with E-state index in [1.165, 1.54) is 0 Å². The molecule has 1 aromatic heterocycles. The van der Waals surface area contributed by atoms with Gasteiger partial charge in [0.25, 0.3) is 0 Å². The molecule has 3 nitrogen and oxygen atoms in total. The van der Waals surface area contributed by atoms with Crippen LogP contribution in [0.15, 0.2) is 24.3 Å². The minimum atomic E-state index is 0.582. The van der Waals surface area contributed by atoms with Crippen LogP contribution in [0.2, 0.25) is 0 Å². The second kappa shape index (κ2) is 2.62. The zero-order chi connectivity index (χ0) is 9.42. The number of anilines is 2. The minimum absolute atomic E-state index is 0.582. The highest BCUT2D eigenvalue weighted by Crippen LogP contribution is 2.26. The lowest BCUT2D eigenvalue weighted by Crippen LogP contribution is -2.00. The fraction of sp³-hybridized carbons (Fsp3) is 0.100. The fourth-order valence-electron chi connectivity index (χ4n) is 1.38. The van der Waals surface area contributed by atoms with E-state index in [0.29, 0.717) is 11.4 Å². The zero-order valence-corrected chi connectivity index (χ0v) is 7.41. The summed E-state index contributed by atoms with van der Waals surface area (Å²) in [5.74, 6) is 0. The van der Waals surface area contributed by atoms with Crippen molar-refractivity contribution in [2.75, 3.05) is 11.5 Å². The molecule has 66 valence electrons. The van der Waals surface area contributed by atoms with Crippen molar-refractivity contribution in [3.05, 3.63) is 30.0 Å². The predicted molar refractivity (Wildman–Crippen MR) is 55.3 cm³/mol. The third kappa shape index (κ3) is 1.09. The highest BCUT2D eigenvalue weighted by Gasteiger charge is 2.05. The van der Waals surface area contributed by atoms with E-state index in [2.05, 4.69) is 4.98 Å². The van der Waals surface area contributed by atoms with Crippen molar-refractivity contribution in [3.8, 4) is 0 Å². The molecule has 3 heteroatoms. The zero-order valence-electron chi connectivity index (χ0n) is 7.41. The Kier molecular flexibility index (Phi) is 1.59.